The fourth-order valence-corrected chi connectivity index (χ4v) is 1.26. The van der Waals surface area contributed by atoms with Crippen molar-refractivity contribution in [2.24, 2.45) is 5.73 Å². The maximum Gasteiger partial charge on any atom is 0.240 e. The Bertz CT molecular complexity index is 255. The molecule has 0 aliphatic carbocycles. The van der Waals surface area contributed by atoms with E-state index in [9.17, 15) is 0 Å². The predicted octanol–water partition coefficient (Wildman–Crippen LogP) is 0.380. The smallest absolute Gasteiger partial charge is 0.240 e. The fourth-order valence-electron chi connectivity index (χ4n) is 1.26. The molecule has 2 N–H and O–H groups in total. The van der Waals surface area contributed by atoms with E-state index in [1.54, 1.807) is 0 Å². The van der Waals surface area contributed by atoms with Gasteiger partial charge in [0.05, 0.1) is 6.54 Å². The van der Waals surface area contributed by atoms with Gasteiger partial charge in [-0.2, -0.15) is 4.98 Å². The minimum atomic E-state index is 0.0223. The van der Waals surface area contributed by atoms with Crippen LogP contribution in [0, 0.1) is 0 Å². The molecular weight excluding hydrogens is 158 g/mol. The van der Waals surface area contributed by atoms with Crippen LogP contribution in [0.2, 0.25) is 0 Å². The largest absolute Gasteiger partial charge is 0.370 e. The molecular formula is C7H11N3O2. The summed E-state index contributed by atoms with van der Waals surface area (Å²) in [5.74, 6) is 1.11. The van der Waals surface area contributed by atoms with Crippen molar-refractivity contribution in [3.05, 3.63) is 11.7 Å². The quantitative estimate of drug-likeness (QED) is 0.692. The summed E-state index contributed by atoms with van der Waals surface area (Å²) >= 11 is 0. The zero-order valence-electron chi connectivity index (χ0n) is 6.69. The van der Waals surface area contributed by atoms with Crippen molar-refractivity contribution in [3.8, 4) is 0 Å². The highest BCUT2D eigenvalue weighted by atomic mass is 16.5. The van der Waals surface area contributed by atoms with E-state index in [0.29, 0.717) is 18.3 Å². The van der Waals surface area contributed by atoms with Crippen LogP contribution in [0.3, 0.4) is 0 Å². The molecule has 0 radical (unpaired) electrons. The third kappa shape index (κ3) is 1.33. The van der Waals surface area contributed by atoms with Gasteiger partial charge < -0.3 is 15.0 Å². The van der Waals surface area contributed by atoms with E-state index in [1.807, 2.05) is 0 Å². The van der Waals surface area contributed by atoms with Gasteiger partial charge in [0.1, 0.15) is 6.10 Å². The molecule has 5 nitrogen and oxygen atoms in total. The lowest BCUT2D eigenvalue weighted by atomic mass is 10.2. The van der Waals surface area contributed by atoms with Crippen molar-refractivity contribution >= 4 is 0 Å². The molecule has 2 rings (SSSR count). The van der Waals surface area contributed by atoms with Gasteiger partial charge in [-0.1, -0.05) is 5.16 Å². The highest BCUT2D eigenvalue weighted by Crippen LogP contribution is 2.25. The van der Waals surface area contributed by atoms with E-state index in [-0.39, 0.29) is 6.10 Å². The maximum absolute atomic E-state index is 5.37. The van der Waals surface area contributed by atoms with Crippen molar-refractivity contribution in [1.82, 2.24) is 10.1 Å². The molecule has 5 heteroatoms. The molecule has 0 bridgehead atoms. The number of nitrogens with zero attached hydrogens (tertiary/aromatic N) is 2. The summed E-state index contributed by atoms with van der Waals surface area (Å²) in [5.41, 5.74) is 5.32. The lowest BCUT2D eigenvalue weighted by Gasteiger charge is -2.00. The highest BCUT2D eigenvalue weighted by Gasteiger charge is 2.22. The van der Waals surface area contributed by atoms with Gasteiger partial charge in [0.15, 0.2) is 0 Å². The van der Waals surface area contributed by atoms with Crippen LogP contribution >= 0.6 is 0 Å². The minimum absolute atomic E-state index is 0.0223. The minimum Gasteiger partial charge on any atom is -0.370 e. The maximum atomic E-state index is 5.37. The zero-order valence-corrected chi connectivity index (χ0v) is 6.69. The van der Waals surface area contributed by atoms with E-state index >= 15 is 0 Å². The van der Waals surface area contributed by atoms with Gasteiger partial charge in [-0.3, -0.25) is 0 Å². The molecule has 1 saturated heterocycles. The number of hydrogen-bond acceptors (Lipinski definition) is 5. The van der Waals surface area contributed by atoms with Crippen LogP contribution in [0.4, 0.5) is 0 Å². The van der Waals surface area contributed by atoms with Crippen LogP contribution in [-0.2, 0) is 11.3 Å². The average molecular weight is 169 g/mol. The summed E-state index contributed by atoms with van der Waals surface area (Å²) in [4.78, 5) is 4.08. The van der Waals surface area contributed by atoms with Gasteiger partial charge in [0, 0.05) is 6.61 Å². The Kier molecular flexibility index (Phi) is 2.05. The fraction of sp³-hybridized carbons (Fsp3) is 0.714. The van der Waals surface area contributed by atoms with Crippen LogP contribution < -0.4 is 5.73 Å². The SMILES string of the molecule is NCc1nc(C2CCCO2)no1. The second kappa shape index (κ2) is 3.20. The van der Waals surface area contributed by atoms with Gasteiger partial charge in [0.25, 0.3) is 0 Å². The Morgan fingerprint density at radius 2 is 2.50 bits per heavy atom. The van der Waals surface area contributed by atoms with E-state index in [4.69, 9.17) is 15.0 Å². The summed E-state index contributed by atoms with van der Waals surface area (Å²) in [6.07, 6.45) is 2.06. The Morgan fingerprint density at radius 3 is 3.08 bits per heavy atom. The summed E-state index contributed by atoms with van der Waals surface area (Å²) in [6.45, 7) is 1.08. The number of rotatable bonds is 2. The monoisotopic (exact) mass is 169 g/mol. The lowest BCUT2D eigenvalue weighted by molar-refractivity contribution is 0.103. The molecule has 0 saturated carbocycles. The molecule has 0 aromatic carbocycles. The van der Waals surface area contributed by atoms with Crippen molar-refractivity contribution in [3.63, 3.8) is 0 Å². The van der Waals surface area contributed by atoms with Gasteiger partial charge in [-0.05, 0) is 12.8 Å². The van der Waals surface area contributed by atoms with Gasteiger partial charge in [-0.25, -0.2) is 0 Å². The summed E-state index contributed by atoms with van der Waals surface area (Å²) in [7, 11) is 0. The lowest BCUT2D eigenvalue weighted by Crippen LogP contribution is -2.00. The molecule has 0 spiro atoms. The molecule has 66 valence electrons. The molecule has 1 fully saturated rings. The number of aromatic nitrogens is 2. The summed E-state index contributed by atoms with van der Waals surface area (Å²) in [5, 5.41) is 3.78. The Hall–Kier alpha value is -0.940. The van der Waals surface area contributed by atoms with Crippen LogP contribution in [0.15, 0.2) is 4.52 Å². The van der Waals surface area contributed by atoms with E-state index in [2.05, 4.69) is 10.1 Å². The molecule has 1 aliphatic heterocycles. The molecule has 2 heterocycles. The molecule has 1 aromatic rings. The van der Waals surface area contributed by atoms with Crippen LogP contribution in [0.5, 0.6) is 0 Å². The number of ether oxygens (including phenoxy) is 1. The van der Waals surface area contributed by atoms with Crippen molar-refractivity contribution < 1.29 is 9.26 Å². The molecule has 1 aliphatic rings. The highest BCUT2D eigenvalue weighted by molar-refractivity contribution is 4.92. The first kappa shape index (κ1) is 7.70. The second-order valence-electron chi connectivity index (χ2n) is 2.75. The van der Waals surface area contributed by atoms with E-state index < -0.39 is 0 Å². The Labute approximate surface area is 69.9 Å². The zero-order chi connectivity index (χ0) is 8.39. The molecule has 1 unspecified atom stereocenters. The first-order valence-corrected chi connectivity index (χ1v) is 4.04. The third-order valence-corrected chi connectivity index (χ3v) is 1.88. The average Bonchev–Trinajstić information content (AvgIpc) is 2.75. The number of hydrogen-bond donors (Lipinski definition) is 1. The number of nitrogens with two attached hydrogens (primary N) is 1. The Balaban J connectivity index is 2.11. The third-order valence-electron chi connectivity index (χ3n) is 1.88. The van der Waals surface area contributed by atoms with Crippen molar-refractivity contribution in [1.29, 1.82) is 0 Å². The van der Waals surface area contributed by atoms with Crippen LogP contribution in [0.1, 0.15) is 30.7 Å². The van der Waals surface area contributed by atoms with Crippen molar-refractivity contribution in [2.75, 3.05) is 6.61 Å². The topological polar surface area (TPSA) is 74.2 Å². The van der Waals surface area contributed by atoms with Gasteiger partial charge >= 0.3 is 0 Å². The predicted molar refractivity (Wildman–Crippen MR) is 40.1 cm³/mol. The Morgan fingerprint density at radius 1 is 1.58 bits per heavy atom. The first-order valence-electron chi connectivity index (χ1n) is 4.04. The van der Waals surface area contributed by atoms with Crippen LogP contribution in [0.25, 0.3) is 0 Å². The summed E-state index contributed by atoms with van der Waals surface area (Å²) < 4.78 is 10.2. The van der Waals surface area contributed by atoms with Gasteiger partial charge in [0.2, 0.25) is 11.7 Å². The molecule has 0 amide bonds. The molecule has 1 aromatic heterocycles. The standard InChI is InChI=1S/C7H11N3O2/c8-4-6-9-7(10-12-6)5-2-1-3-11-5/h5H,1-4,8H2. The summed E-state index contributed by atoms with van der Waals surface area (Å²) in [6, 6.07) is 0. The van der Waals surface area contributed by atoms with E-state index in [0.717, 1.165) is 19.4 Å². The first-order chi connectivity index (χ1) is 5.90. The normalized spacial score (nSPS) is 23.2. The van der Waals surface area contributed by atoms with Crippen LogP contribution in [-0.4, -0.2) is 16.7 Å². The molecule has 12 heavy (non-hydrogen) atoms. The second-order valence-corrected chi connectivity index (χ2v) is 2.75. The van der Waals surface area contributed by atoms with Crippen molar-refractivity contribution in [2.45, 2.75) is 25.5 Å². The molecule has 1 atom stereocenters. The van der Waals surface area contributed by atoms with Gasteiger partial charge in [-0.15, -0.1) is 0 Å². The van der Waals surface area contributed by atoms with E-state index in [1.165, 1.54) is 0 Å².